The van der Waals surface area contributed by atoms with Crippen molar-refractivity contribution in [3.8, 4) is 39.6 Å². The van der Waals surface area contributed by atoms with Crippen molar-refractivity contribution in [2.75, 3.05) is 0 Å². The van der Waals surface area contributed by atoms with E-state index in [2.05, 4.69) is 114 Å². The lowest BCUT2D eigenvalue weighted by Gasteiger charge is -2.30. The van der Waals surface area contributed by atoms with Gasteiger partial charge in [0.2, 0.25) is 0 Å². The standard InChI is InChI=1S/C45H29N3O/c49-45(37-25-10-13-28-40(37)48-38-26-11-7-20-32(38)33-21-8-12-27-39(33)48)36-24-9-6-22-35(36)43-41(45)42(46-44(47-43)30-16-2-1-3-17-30)34-23-14-18-29-15-4-5-19-31(29)34/h1-28,49H. The maximum absolute atomic E-state index is 13.8. The van der Waals surface area contributed by atoms with E-state index in [1.54, 1.807) is 0 Å². The minimum Gasteiger partial charge on any atom is -0.376 e. The van der Waals surface area contributed by atoms with Gasteiger partial charge in [-0.3, -0.25) is 0 Å². The van der Waals surface area contributed by atoms with Crippen LogP contribution in [0.25, 0.3) is 72.2 Å². The number of aromatic nitrogens is 3. The molecule has 1 aliphatic carbocycles. The Hall–Kier alpha value is -6.36. The first-order valence-corrected chi connectivity index (χ1v) is 16.6. The highest BCUT2D eigenvalue weighted by atomic mass is 16.3. The maximum atomic E-state index is 13.8. The minimum absolute atomic E-state index is 0.622. The summed E-state index contributed by atoms with van der Waals surface area (Å²) < 4.78 is 2.29. The van der Waals surface area contributed by atoms with Gasteiger partial charge in [-0.1, -0.05) is 152 Å². The van der Waals surface area contributed by atoms with E-state index in [4.69, 9.17) is 9.97 Å². The SMILES string of the molecule is OC1(c2ccccc2-n2c3ccccc3c3ccccc32)c2ccccc2-c2nc(-c3ccccc3)nc(-c3cccc4ccccc34)c21. The van der Waals surface area contributed by atoms with Crippen molar-refractivity contribution in [2.45, 2.75) is 5.60 Å². The van der Waals surface area contributed by atoms with Crippen molar-refractivity contribution in [2.24, 2.45) is 0 Å². The van der Waals surface area contributed by atoms with Crippen LogP contribution in [0.1, 0.15) is 16.7 Å². The van der Waals surface area contributed by atoms with Gasteiger partial charge in [0.25, 0.3) is 0 Å². The summed E-state index contributed by atoms with van der Waals surface area (Å²) >= 11 is 0. The molecule has 0 fully saturated rings. The molecule has 2 heterocycles. The molecule has 0 saturated carbocycles. The van der Waals surface area contributed by atoms with E-state index >= 15 is 0 Å². The topological polar surface area (TPSA) is 50.9 Å². The number of nitrogens with zero attached hydrogens (tertiary/aromatic N) is 3. The molecule has 1 atom stereocenters. The molecule has 4 heteroatoms. The lowest BCUT2D eigenvalue weighted by Crippen LogP contribution is -2.29. The van der Waals surface area contributed by atoms with Crippen LogP contribution in [0.2, 0.25) is 0 Å². The van der Waals surface area contributed by atoms with E-state index in [9.17, 15) is 5.11 Å². The first kappa shape index (κ1) is 27.7. The van der Waals surface area contributed by atoms with E-state index in [0.29, 0.717) is 11.4 Å². The number of benzene rings is 7. The average Bonchev–Trinajstić information content (AvgIpc) is 3.65. The Morgan fingerprint density at radius 1 is 0.449 bits per heavy atom. The zero-order valence-corrected chi connectivity index (χ0v) is 26.5. The molecule has 7 aromatic carbocycles. The number of hydrogen-bond acceptors (Lipinski definition) is 3. The molecule has 49 heavy (non-hydrogen) atoms. The Bertz CT molecular complexity index is 2690. The second kappa shape index (κ2) is 10.6. The summed E-state index contributed by atoms with van der Waals surface area (Å²) in [6, 6.07) is 58.1. The van der Waals surface area contributed by atoms with Crippen LogP contribution in [0.4, 0.5) is 0 Å². The zero-order valence-electron chi connectivity index (χ0n) is 26.5. The smallest absolute Gasteiger partial charge is 0.160 e. The zero-order chi connectivity index (χ0) is 32.5. The predicted octanol–water partition coefficient (Wildman–Crippen LogP) is 10.3. The Labute approximate surface area is 283 Å². The van der Waals surface area contributed by atoms with Gasteiger partial charge >= 0.3 is 0 Å². The van der Waals surface area contributed by atoms with E-state index in [1.807, 2.05) is 60.7 Å². The molecule has 1 unspecified atom stereocenters. The maximum Gasteiger partial charge on any atom is 0.160 e. The largest absolute Gasteiger partial charge is 0.376 e. The fraction of sp³-hybridized carbons (Fsp3) is 0.0222. The summed E-state index contributed by atoms with van der Waals surface area (Å²) in [5.74, 6) is 0.622. The van der Waals surface area contributed by atoms with Gasteiger partial charge in [0, 0.05) is 44.2 Å². The Morgan fingerprint density at radius 2 is 0.980 bits per heavy atom. The molecule has 1 N–H and O–H groups in total. The molecular weight excluding hydrogens is 599 g/mol. The Morgan fingerprint density at radius 3 is 1.73 bits per heavy atom. The monoisotopic (exact) mass is 627 g/mol. The minimum atomic E-state index is -1.57. The number of para-hydroxylation sites is 3. The van der Waals surface area contributed by atoms with Crippen molar-refractivity contribution in [1.82, 2.24) is 14.5 Å². The van der Waals surface area contributed by atoms with Crippen molar-refractivity contribution >= 4 is 32.6 Å². The highest BCUT2D eigenvalue weighted by Crippen LogP contribution is 2.55. The average molecular weight is 628 g/mol. The molecule has 10 rings (SSSR count). The quantitative estimate of drug-likeness (QED) is 0.211. The molecular formula is C45H29N3O. The van der Waals surface area contributed by atoms with Crippen LogP contribution in [0, 0.1) is 0 Å². The van der Waals surface area contributed by atoms with Crippen LogP contribution in [0.5, 0.6) is 0 Å². The second-order valence-corrected chi connectivity index (χ2v) is 12.7. The van der Waals surface area contributed by atoms with Crippen LogP contribution >= 0.6 is 0 Å². The van der Waals surface area contributed by atoms with Gasteiger partial charge in [-0.15, -0.1) is 0 Å². The van der Waals surface area contributed by atoms with Crippen LogP contribution in [0.3, 0.4) is 0 Å². The van der Waals surface area contributed by atoms with Gasteiger partial charge in [-0.05, 0) is 29.0 Å². The molecule has 4 nitrogen and oxygen atoms in total. The summed E-state index contributed by atoms with van der Waals surface area (Å²) in [6.07, 6.45) is 0. The summed E-state index contributed by atoms with van der Waals surface area (Å²) in [6.45, 7) is 0. The van der Waals surface area contributed by atoms with Gasteiger partial charge < -0.3 is 9.67 Å². The summed E-state index contributed by atoms with van der Waals surface area (Å²) in [5.41, 5.74) is 7.98. The van der Waals surface area contributed by atoms with Crippen LogP contribution in [-0.2, 0) is 5.60 Å². The highest BCUT2D eigenvalue weighted by Gasteiger charge is 2.48. The normalized spacial score (nSPS) is 15.1. The van der Waals surface area contributed by atoms with Crippen molar-refractivity contribution < 1.29 is 5.11 Å². The predicted molar refractivity (Wildman–Crippen MR) is 199 cm³/mol. The van der Waals surface area contributed by atoms with E-state index in [1.165, 1.54) is 10.8 Å². The van der Waals surface area contributed by atoms with Gasteiger partial charge in [0.05, 0.1) is 28.1 Å². The van der Waals surface area contributed by atoms with Gasteiger partial charge in [0.15, 0.2) is 5.82 Å². The van der Waals surface area contributed by atoms with Crippen LogP contribution < -0.4 is 0 Å². The second-order valence-electron chi connectivity index (χ2n) is 12.7. The number of fused-ring (bicyclic) bond motifs is 7. The molecule has 0 spiro atoms. The highest BCUT2D eigenvalue weighted by molar-refractivity contribution is 6.09. The molecule has 0 amide bonds. The molecule has 1 aliphatic rings. The first-order valence-electron chi connectivity index (χ1n) is 16.6. The molecule has 2 aromatic heterocycles. The van der Waals surface area contributed by atoms with E-state index < -0.39 is 5.60 Å². The Kier molecular flexibility index (Phi) is 5.98. The van der Waals surface area contributed by atoms with Crippen molar-refractivity contribution in [3.05, 3.63) is 187 Å². The lowest BCUT2D eigenvalue weighted by molar-refractivity contribution is 0.131. The molecule has 0 radical (unpaired) electrons. The third-order valence-electron chi connectivity index (χ3n) is 10.0. The van der Waals surface area contributed by atoms with Crippen LogP contribution in [-0.4, -0.2) is 19.6 Å². The molecule has 9 aromatic rings. The molecule has 0 saturated heterocycles. The van der Waals surface area contributed by atoms with Crippen molar-refractivity contribution in [1.29, 1.82) is 0 Å². The summed E-state index contributed by atoms with van der Waals surface area (Å²) in [5, 5.41) is 18.3. The Balaban J connectivity index is 1.35. The number of rotatable bonds is 4. The van der Waals surface area contributed by atoms with Gasteiger partial charge in [0.1, 0.15) is 5.60 Å². The van der Waals surface area contributed by atoms with Gasteiger partial charge in [-0.2, -0.15) is 0 Å². The summed E-state index contributed by atoms with van der Waals surface area (Å²) in [7, 11) is 0. The fourth-order valence-electron chi connectivity index (χ4n) is 7.92. The van der Waals surface area contributed by atoms with E-state index in [0.717, 1.165) is 66.7 Å². The molecule has 0 bridgehead atoms. The third kappa shape index (κ3) is 3.95. The first-order chi connectivity index (χ1) is 24.2. The lowest BCUT2D eigenvalue weighted by atomic mass is 9.81. The van der Waals surface area contributed by atoms with E-state index in [-0.39, 0.29) is 0 Å². The molecule has 230 valence electrons. The summed E-state index contributed by atoms with van der Waals surface area (Å²) in [4.78, 5) is 10.6. The fourth-order valence-corrected chi connectivity index (χ4v) is 7.92. The van der Waals surface area contributed by atoms with Gasteiger partial charge in [-0.25, -0.2) is 9.97 Å². The molecule has 0 aliphatic heterocycles. The third-order valence-corrected chi connectivity index (χ3v) is 10.0. The van der Waals surface area contributed by atoms with Crippen molar-refractivity contribution in [3.63, 3.8) is 0 Å². The van der Waals surface area contributed by atoms with Crippen LogP contribution in [0.15, 0.2) is 170 Å². The number of aliphatic hydroxyl groups is 1. The number of hydrogen-bond donors (Lipinski definition) is 1.